The van der Waals surface area contributed by atoms with Crippen molar-refractivity contribution in [3.05, 3.63) is 65.5 Å². The second-order valence-electron chi connectivity index (χ2n) is 4.63. The summed E-state index contributed by atoms with van der Waals surface area (Å²) in [6.07, 6.45) is 0.503. The highest BCUT2D eigenvalue weighted by atomic mass is 32.1. The highest BCUT2D eigenvalue weighted by Gasteiger charge is 2.17. The molecule has 2 aromatic rings. The van der Waals surface area contributed by atoms with Gasteiger partial charge in [-0.05, 0) is 30.5 Å². The maximum atomic E-state index is 13.7. The van der Waals surface area contributed by atoms with Gasteiger partial charge < -0.3 is 5.32 Å². The van der Waals surface area contributed by atoms with Crippen LogP contribution in [0.3, 0.4) is 0 Å². The van der Waals surface area contributed by atoms with E-state index < -0.39 is 11.1 Å². The highest BCUT2D eigenvalue weighted by molar-refractivity contribution is 7.81. The minimum Gasteiger partial charge on any atom is -0.322 e. The van der Waals surface area contributed by atoms with Crippen molar-refractivity contribution in [2.45, 2.75) is 18.6 Å². The molecule has 104 valence electrons. The molecule has 2 aromatic carbocycles. The van der Waals surface area contributed by atoms with Gasteiger partial charge in [-0.25, -0.2) is 4.39 Å². The van der Waals surface area contributed by atoms with Crippen LogP contribution in [-0.2, 0) is 11.2 Å². The first kappa shape index (κ1) is 14.6. The monoisotopic (exact) mass is 289 g/mol. The van der Waals surface area contributed by atoms with Gasteiger partial charge in [0, 0.05) is 0 Å². The molecule has 0 heterocycles. The van der Waals surface area contributed by atoms with Crippen LogP contribution in [0.15, 0.2) is 48.5 Å². The molecule has 2 nitrogen and oxygen atoms in total. The maximum absolute atomic E-state index is 13.7. The van der Waals surface area contributed by atoms with Crippen molar-refractivity contribution in [1.82, 2.24) is 0 Å². The SMILES string of the molecule is Cc1cccc(F)c1NC(=O)C(S)Cc1ccccc1. The van der Waals surface area contributed by atoms with Gasteiger partial charge in [0.25, 0.3) is 0 Å². The van der Waals surface area contributed by atoms with Gasteiger partial charge in [0.05, 0.1) is 10.9 Å². The first-order valence-corrected chi connectivity index (χ1v) is 6.87. The largest absolute Gasteiger partial charge is 0.322 e. The zero-order valence-electron chi connectivity index (χ0n) is 11.1. The second-order valence-corrected chi connectivity index (χ2v) is 5.25. The third kappa shape index (κ3) is 3.61. The van der Waals surface area contributed by atoms with Gasteiger partial charge in [0.1, 0.15) is 5.82 Å². The van der Waals surface area contributed by atoms with Crippen molar-refractivity contribution in [2.75, 3.05) is 5.32 Å². The van der Waals surface area contributed by atoms with Crippen molar-refractivity contribution in [1.29, 1.82) is 0 Å². The predicted molar refractivity (Wildman–Crippen MR) is 82.7 cm³/mol. The van der Waals surface area contributed by atoms with Crippen molar-refractivity contribution in [2.24, 2.45) is 0 Å². The summed E-state index contributed by atoms with van der Waals surface area (Å²) in [7, 11) is 0. The zero-order valence-corrected chi connectivity index (χ0v) is 12.0. The summed E-state index contributed by atoms with van der Waals surface area (Å²) in [6, 6.07) is 14.3. The van der Waals surface area contributed by atoms with Gasteiger partial charge >= 0.3 is 0 Å². The van der Waals surface area contributed by atoms with Crippen LogP contribution in [0.4, 0.5) is 10.1 Å². The number of anilines is 1. The molecule has 1 unspecified atom stereocenters. The molecule has 4 heteroatoms. The molecule has 0 aliphatic carbocycles. The topological polar surface area (TPSA) is 29.1 Å². The van der Waals surface area contributed by atoms with Crippen LogP contribution in [0.5, 0.6) is 0 Å². The van der Waals surface area contributed by atoms with Gasteiger partial charge in [-0.1, -0.05) is 42.5 Å². The molecule has 1 atom stereocenters. The van der Waals surface area contributed by atoms with Gasteiger partial charge in [-0.3, -0.25) is 4.79 Å². The van der Waals surface area contributed by atoms with Crippen LogP contribution >= 0.6 is 12.6 Å². The van der Waals surface area contributed by atoms with E-state index in [2.05, 4.69) is 17.9 Å². The summed E-state index contributed by atoms with van der Waals surface area (Å²) in [5.74, 6) is -0.732. The fraction of sp³-hybridized carbons (Fsp3) is 0.188. The summed E-state index contributed by atoms with van der Waals surface area (Å²) in [4.78, 5) is 12.1. The van der Waals surface area contributed by atoms with E-state index in [1.807, 2.05) is 30.3 Å². The molecule has 0 fully saturated rings. The van der Waals surface area contributed by atoms with Gasteiger partial charge in [0.15, 0.2) is 0 Å². The van der Waals surface area contributed by atoms with E-state index in [1.165, 1.54) is 6.07 Å². The van der Waals surface area contributed by atoms with E-state index in [4.69, 9.17) is 0 Å². The fourth-order valence-corrected chi connectivity index (χ4v) is 2.20. The first-order valence-electron chi connectivity index (χ1n) is 6.36. The van der Waals surface area contributed by atoms with Crippen molar-refractivity contribution < 1.29 is 9.18 Å². The average molecular weight is 289 g/mol. The second kappa shape index (κ2) is 6.57. The van der Waals surface area contributed by atoms with E-state index in [-0.39, 0.29) is 11.6 Å². The first-order chi connectivity index (χ1) is 9.58. The molecule has 1 N–H and O–H groups in total. The smallest absolute Gasteiger partial charge is 0.237 e. The quantitative estimate of drug-likeness (QED) is 0.827. The lowest BCUT2D eigenvalue weighted by atomic mass is 10.1. The molecule has 0 saturated carbocycles. The molecule has 0 bridgehead atoms. The van der Waals surface area contributed by atoms with Crippen molar-refractivity contribution >= 4 is 24.2 Å². The summed E-state index contributed by atoms with van der Waals surface area (Å²) in [5, 5.41) is 2.09. The lowest BCUT2D eigenvalue weighted by molar-refractivity contribution is -0.115. The number of halogens is 1. The van der Waals surface area contributed by atoms with Crippen molar-refractivity contribution in [3.63, 3.8) is 0 Å². The number of thiol groups is 1. The summed E-state index contributed by atoms with van der Waals surface area (Å²) >= 11 is 4.30. The maximum Gasteiger partial charge on any atom is 0.237 e. The molecule has 0 spiro atoms. The number of amides is 1. The minimum atomic E-state index is -0.517. The Labute approximate surface area is 123 Å². The number of hydrogen-bond donors (Lipinski definition) is 2. The number of carbonyl (C=O) groups excluding carboxylic acids is 1. The Hall–Kier alpha value is -1.81. The minimum absolute atomic E-state index is 0.226. The van der Waals surface area contributed by atoms with E-state index in [1.54, 1.807) is 19.1 Å². The van der Waals surface area contributed by atoms with E-state index >= 15 is 0 Å². The Balaban J connectivity index is 2.05. The lowest BCUT2D eigenvalue weighted by Crippen LogP contribution is -2.26. The third-order valence-corrected chi connectivity index (χ3v) is 3.46. The van der Waals surface area contributed by atoms with Crippen molar-refractivity contribution in [3.8, 4) is 0 Å². The number of carbonyl (C=O) groups is 1. The standard InChI is InChI=1S/C16H16FNOS/c1-11-6-5-9-13(17)15(11)18-16(19)14(20)10-12-7-3-2-4-8-12/h2-9,14,20H,10H2,1H3,(H,18,19). The molecular weight excluding hydrogens is 273 g/mol. The average Bonchev–Trinajstić information content (AvgIpc) is 2.44. The van der Waals surface area contributed by atoms with Gasteiger partial charge in [0.2, 0.25) is 5.91 Å². The normalized spacial score (nSPS) is 11.9. The lowest BCUT2D eigenvalue weighted by Gasteiger charge is -2.13. The van der Waals surface area contributed by atoms with Crippen LogP contribution in [0.2, 0.25) is 0 Å². The van der Waals surface area contributed by atoms with E-state index in [9.17, 15) is 9.18 Å². The molecule has 0 aromatic heterocycles. The predicted octanol–water partition coefficient (Wildman–Crippen LogP) is 3.61. The van der Waals surface area contributed by atoms with E-state index in [0.29, 0.717) is 12.0 Å². The van der Waals surface area contributed by atoms with Crippen LogP contribution in [0, 0.1) is 12.7 Å². The molecule has 2 rings (SSSR count). The summed E-state index contributed by atoms with van der Waals surface area (Å²) in [5.41, 5.74) is 1.94. The molecule has 0 radical (unpaired) electrons. The number of hydrogen-bond acceptors (Lipinski definition) is 2. The number of aryl methyl sites for hydroxylation is 1. The summed E-state index contributed by atoms with van der Waals surface area (Å²) in [6.45, 7) is 1.75. The fourth-order valence-electron chi connectivity index (χ4n) is 1.93. The van der Waals surface area contributed by atoms with Gasteiger partial charge in [-0.15, -0.1) is 0 Å². The number of nitrogens with one attached hydrogen (secondary N) is 1. The Kier molecular flexibility index (Phi) is 4.79. The number of para-hydroxylation sites is 1. The highest BCUT2D eigenvalue weighted by Crippen LogP contribution is 2.20. The third-order valence-electron chi connectivity index (χ3n) is 3.04. The van der Waals surface area contributed by atoms with Gasteiger partial charge in [-0.2, -0.15) is 12.6 Å². The molecular formula is C16H16FNOS. The molecule has 0 saturated heterocycles. The number of benzene rings is 2. The molecule has 0 aliphatic rings. The Bertz CT molecular complexity index is 580. The zero-order chi connectivity index (χ0) is 14.5. The van der Waals surface area contributed by atoms with E-state index in [0.717, 1.165) is 5.56 Å². The van der Waals surface area contributed by atoms with Crippen LogP contribution in [0.25, 0.3) is 0 Å². The Morgan fingerprint density at radius 3 is 2.55 bits per heavy atom. The molecule has 1 amide bonds. The molecule has 0 aliphatic heterocycles. The van der Waals surface area contributed by atoms with Crippen LogP contribution in [0.1, 0.15) is 11.1 Å². The summed E-state index contributed by atoms with van der Waals surface area (Å²) < 4.78 is 13.7. The Morgan fingerprint density at radius 2 is 1.90 bits per heavy atom. The van der Waals surface area contributed by atoms with Crippen LogP contribution < -0.4 is 5.32 Å². The van der Waals surface area contributed by atoms with Crippen LogP contribution in [-0.4, -0.2) is 11.2 Å². The molecule has 20 heavy (non-hydrogen) atoms. The number of rotatable bonds is 4. The Morgan fingerprint density at radius 1 is 1.20 bits per heavy atom.